The summed E-state index contributed by atoms with van der Waals surface area (Å²) < 4.78 is 8.97. The molecule has 0 amide bonds. The minimum absolute atomic E-state index is 0.888. The molecule has 0 atom stereocenters. The Morgan fingerprint density at radius 2 is 0.907 bits per heavy atom. The Labute approximate surface area is 315 Å². The quantitative estimate of drug-likeness (QED) is 0.182. The second-order valence-electron chi connectivity index (χ2n) is 14.2. The molecule has 0 saturated heterocycles. The van der Waals surface area contributed by atoms with E-state index in [1.165, 1.54) is 41.7 Å². The highest BCUT2D eigenvalue weighted by atomic mass is 32.1. The number of benzene rings is 9. The van der Waals surface area contributed by atoms with Crippen LogP contribution in [0.15, 0.2) is 186 Å². The minimum atomic E-state index is 0.888. The molecule has 3 nitrogen and oxygen atoms in total. The monoisotopic (exact) mass is 706 g/mol. The number of anilines is 6. The Morgan fingerprint density at radius 1 is 0.370 bits per heavy atom. The molecule has 252 valence electrons. The van der Waals surface area contributed by atoms with Gasteiger partial charge in [-0.2, -0.15) is 0 Å². The van der Waals surface area contributed by atoms with Crippen LogP contribution in [-0.4, -0.2) is 0 Å². The molecule has 0 aliphatic carbocycles. The van der Waals surface area contributed by atoms with E-state index in [4.69, 9.17) is 4.42 Å². The molecular formula is C50H30N2OS. The highest BCUT2D eigenvalue weighted by Gasteiger charge is 2.27. The van der Waals surface area contributed by atoms with Gasteiger partial charge < -0.3 is 14.2 Å². The Hall–Kier alpha value is -6.88. The van der Waals surface area contributed by atoms with Crippen LogP contribution in [0.5, 0.6) is 0 Å². The zero-order valence-electron chi connectivity index (χ0n) is 29.0. The molecule has 3 heterocycles. The van der Waals surface area contributed by atoms with Crippen LogP contribution >= 0.6 is 11.3 Å². The molecule has 12 rings (SSSR count). The Kier molecular flexibility index (Phi) is 6.21. The fraction of sp³-hybridized carbons (Fsp3) is 0. The number of para-hydroxylation sites is 1. The molecule has 4 heteroatoms. The van der Waals surface area contributed by atoms with Crippen molar-refractivity contribution in [2.45, 2.75) is 0 Å². The van der Waals surface area contributed by atoms with Crippen molar-refractivity contribution < 1.29 is 4.42 Å². The number of nitrogens with zero attached hydrogens (tertiary/aromatic N) is 2. The molecule has 0 spiro atoms. The Bertz CT molecular complexity index is 3160. The fourth-order valence-electron chi connectivity index (χ4n) is 8.71. The molecule has 2 aromatic heterocycles. The maximum absolute atomic E-state index is 6.43. The van der Waals surface area contributed by atoms with Gasteiger partial charge in [-0.15, -0.1) is 11.3 Å². The lowest BCUT2D eigenvalue weighted by Crippen LogP contribution is -2.12. The first-order valence-corrected chi connectivity index (χ1v) is 19.1. The third kappa shape index (κ3) is 4.35. The summed E-state index contributed by atoms with van der Waals surface area (Å²) in [6.07, 6.45) is 0. The SMILES string of the molecule is c1ccc2cc(N3c4cc(-c5cccc6oc7ccccc7c56)cc(c4)N(c4ccc5ccccc5c4)c4cccc5sc6cccc3c6c45)ccc2c1. The van der Waals surface area contributed by atoms with Crippen molar-refractivity contribution in [1.82, 2.24) is 0 Å². The van der Waals surface area contributed by atoms with E-state index in [1.807, 2.05) is 17.4 Å². The largest absolute Gasteiger partial charge is 0.456 e. The number of fused-ring (bicyclic) bond motifs is 7. The zero-order chi connectivity index (χ0) is 35.3. The second kappa shape index (κ2) is 11.3. The number of rotatable bonds is 3. The smallest absolute Gasteiger partial charge is 0.136 e. The van der Waals surface area contributed by atoms with Crippen LogP contribution in [0.4, 0.5) is 34.1 Å². The van der Waals surface area contributed by atoms with Gasteiger partial charge in [0.1, 0.15) is 11.2 Å². The number of hydrogen-bond acceptors (Lipinski definition) is 4. The second-order valence-corrected chi connectivity index (χ2v) is 15.2. The number of hydrogen-bond donors (Lipinski definition) is 0. The van der Waals surface area contributed by atoms with Gasteiger partial charge in [0.15, 0.2) is 0 Å². The van der Waals surface area contributed by atoms with Crippen LogP contribution in [0.3, 0.4) is 0 Å². The maximum atomic E-state index is 6.43. The van der Waals surface area contributed by atoms with Gasteiger partial charge in [-0.3, -0.25) is 0 Å². The van der Waals surface area contributed by atoms with Crippen molar-refractivity contribution in [3.05, 3.63) is 182 Å². The van der Waals surface area contributed by atoms with E-state index in [2.05, 4.69) is 186 Å². The molecule has 0 N–H and O–H groups in total. The molecule has 54 heavy (non-hydrogen) atoms. The van der Waals surface area contributed by atoms with E-state index in [1.54, 1.807) is 0 Å². The third-order valence-corrected chi connectivity index (χ3v) is 12.2. The van der Waals surface area contributed by atoms with Crippen LogP contribution < -0.4 is 9.80 Å². The minimum Gasteiger partial charge on any atom is -0.456 e. The molecular weight excluding hydrogens is 677 g/mol. The average Bonchev–Trinajstić information content (AvgIpc) is 3.81. The third-order valence-electron chi connectivity index (χ3n) is 11.1. The molecule has 1 aliphatic rings. The normalized spacial score (nSPS) is 12.7. The molecule has 1 aliphatic heterocycles. The van der Waals surface area contributed by atoms with Crippen LogP contribution in [0, 0.1) is 0 Å². The lowest BCUT2D eigenvalue weighted by Gasteiger charge is -2.29. The fourth-order valence-corrected chi connectivity index (χ4v) is 9.86. The predicted octanol–water partition coefficient (Wildman–Crippen LogP) is 15.2. The van der Waals surface area contributed by atoms with E-state index < -0.39 is 0 Å². The molecule has 0 unspecified atom stereocenters. The van der Waals surface area contributed by atoms with Gasteiger partial charge in [-0.25, -0.2) is 0 Å². The average molecular weight is 707 g/mol. The highest BCUT2D eigenvalue weighted by molar-refractivity contribution is 7.26. The van der Waals surface area contributed by atoms with E-state index in [0.29, 0.717) is 0 Å². The summed E-state index contributed by atoms with van der Waals surface area (Å²) in [5.41, 5.74) is 10.8. The first kappa shape index (κ1) is 29.7. The van der Waals surface area contributed by atoms with Crippen molar-refractivity contribution in [3.8, 4) is 11.1 Å². The molecule has 0 radical (unpaired) electrons. The lowest BCUT2D eigenvalue weighted by atomic mass is 9.97. The van der Waals surface area contributed by atoms with E-state index in [0.717, 1.165) is 67.2 Å². The Morgan fingerprint density at radius 3 is 1.54 bits per heavy atom. The van der Waals surface area contributed by atoms with Crippen molar-refractivity contribution >= 4 is 109 Å². The summed E-state index contributed by atoms with van der Waals surface area (Å²) in [5.74, 6) is 0. The summed E-state index contributed by atoms with van der Waals surface area (Å²) in [5, 5.41) is 9.64. The van der Waals surface area contributed by atoms with Crippen LogP contribution in [-0.2, 0) is 0 Å². The molecule has 11 aromatic rings. The Balaban J connectivity index is 1.24. The lowest BCUT2D eigenvalue weighted by molar-refractivity contribution is 0.669. The van der Waals surface area contributed by atoms with Gasteiger partial charge in [-0.05, 0) is 112 Å². The standard InChI is InChI=1S/C50H30N2OS/c1-3-12-33-26-36(24-22-31(33)10-1)51-38-28-35(40-15-7-19-45-48(40)41-14-5-6-18-44(41)53-45)29-39(30-38)52(37-25-23-32-11-2-4-13-34(32)27-37)43-17-9-21-47-50(43)49-42(51)16-8-20-46(49)54-47/h1-30H. The van der Waals surface area contributed by atoms with Gasteiger partial charge in [0.05, 0.1) is 11.4 Å². The highest BCUT2D eigenvalue weighted by Crippen LogP contribution is 2.53. The number of furan rings is 1. The van der Waals surface area contributed by atoms with E-state index >= 15 is 0 Å². The predicted molar refractivity (Wildman–Crippen MR) is 230 cm³/mol. The van der Waals surface area contributed by atoms with Gasteiger partial charge >= 0.3 is 0 Å². The van der Waals surface area contributed by atoms with Gasteiger partial charge in [0.2, 0.25) is 0 Å². The first-order chi connectivity index (χ1) is 26.7. The number of thiophene rings is 1. The molecule has 9 aromatic carbocycles. The van der Waals surface area contributed by atoms with Crippen molar-refractivity contribution in [2.24, 2.45) is 0 Å². The van der Waals surface area contributed by atoms with E-state index in [-0.39, 0.29) is 0 Å². The van der Waals surface area contributed by atoms with Crippen LogP contribution in [0.1, 0.15) is 0 Å². The van der Waals surface area contributed by atoms with Crippen molar-refractivity contribution in [1.29, 1.82) is 0 Å². The van der Waals surface area contributed by atoms with Gasteiger partial charge in [-0.1, -0.05) is 103 Å². The summed E-state index contributed by atoms with van der Waals surface area (Å²) in [4.78, 5) is 4.95. The summed E-state index contributed by atoms with van der Waals surface area (Å²) in [7, 11) is 0. The van der Waals surface area contributed by atoms with Gasteiger partial charge in [0, 0.05) is 53.7 Å². The summed E-state index contributed by atoms with van der Waals surface area (Å²) in [6.45, 7) is 0. The van der Waals surface area contributed by atoms with Gasteiger partial charge in [0.25, 0.3) is 0 Å². The van der Waals surface area contributed by atoms with Crippen LogP contribution in [0.2, 0.25) is 0 Å². The molecule has 2 bridgehead atoms. The topological polar surface area (TPSA) is 19.6 Å². The first-order valence-electron chi connectivity index (χ1n) is 18.3. The summed E-state index contributed by atoms with van der Waals surface area (Å²) >= 11 is 1.87. The zero-order valence-corrected chi connectivity index (χ0v) is 29.8. The van der Waals surface area contributed by atoms with E-state index in [9.17, 15) is 0 Å². The molecule has 0 fully saturated rings. The van der Waals surface area contributed by atoms with Crippen molar-refractivity contribution in [3.63, 3.8) is 0 Å². The molecule has 0 saturated carbocycles. The van der Waals surface area contributed by atoms with Crippen molar-refractivity contribution in [2.75, 3.05) is 9.80 Å². The maximum Gasteiger partial charge on any atom is 0.136 e. The summed E-state index contributed by atoms with van der Waals surface area (Å²) in [6, 6.07) is 66.4. The van der Waals surface area contributed by atoms with Crippen LogP contribution in [0.25, 0.3) is 74.8 Å².